The van der Waals surface area contributed by atoms with E-state index in [4.69, 9.17) is 0 Å². The molecule has 0 aliphatic rings. The van der Waals surface area contributed by atoms with Crippen molar-refractivity contribution >= 4 is 49.4 Å². The van der Waals surface area contributed by atoms with E-state index in [2.05, 4.69) is 181 Å². The summed E-state index contributed by atoms with van der Waals surface area (Å²) in [5.74, 6) is 0. The Hall–Kier alpha value is -5.66. The molecule has 202 valence electrons. The van der Waals surface area contributed by atoms with Gasteiger partial charge in [-0.25, -0.2) is 0 Å². The molecule has 0 N–H and O–H groups in total. The van der Waals surface area contributed by atoms with Crippen LogP contribution in [0.15, 0.2) is 176 Å². The number of para-hydroxylation sites is 2. The maximum Gasteiger partial charge on any atom is 0.0540 e. The SMILES string of the molecule is c1ccc(-c2cccc(-c3ccccc3N(c3ccccc3)c3ccc4c5ccccc5c5ccccc5c4c3)c2)cc1. The lowest BCUT2D eigenvalue weighted by Gasteiger charge is -2.28. The molecule has 8 aromatic rings. The molecule has 0 atom stereocenters. The van der Waals surface area contributed by atoms with Crippen LogP contribution < -0.4 is 4.90 Å². The highest BCUT2D eigenvalue weighted by Gasteiger charge is 2.18. The first-order chi connectivity index (χ1) is 21.3. The Kier molecular flexibility index (Phi) is 6.20. The third-order valence-corrected chi connectivity index (χ3v) is 8.43. The van der Waals surface area contributed by atoms with Crippen molar-refractivity contribution in [2.45, 2.75) is 0 Å². The Morgan fingerprint density at radius 3 is 1.49 bits per heavy atom. The van der Waals surface area contributed by atoms with Gasteiger partial charge in [0.25, 0.3) is 0 Å². The van der Waals surface area contributed by atoms with Crippen molar-refractivity contribution in [3.8, 4) is 22.3 Å². The Morgan fingerprint density at radius 1 is 0.279 bits per heavy atom. The van der Waals surface area contributed by atoms with Crippen molar-refractivity contribution in [3.05, 3.63) is 176 Å². The molecule has 0 saturated carbocycles. The van der Waals surface area contributed by atoms with E-state index >= 15 is 0 Å². The maximum atomic E-state index is 2.40. The lowest BCUT2D eigenvalue weighted by atomic mass is 9.93. The highest BCUT2D eigenvalue weighted by Crippen LogP contribution is 2.44. The van der Waals surface area contributed by atoms with Crippen molar-refractivity contribution in [2.24, 2.45) is 0 Å². The van der Waals surface area contributed by atoms with Crippen molar-refractivity contribution < 1.29 is 0 Å². The van der Waals surface area contributed by atoms with Crippen LogP contribution in [0.25, 0.3) is 54.6 Å². The molecule has 0 saturated heterocycles. The summed E-state index contributed by atoms with van der Waals surface area (Å²) in [5.41, 5.74) is 8.20. The van der Waals surface area contributed by atoms with Crippen LogP contribution in [-0.4, -0.2) is 0 Å². The Balaban J connectivity index is 1.36. The van der Waals surface area contributed by atoms with Crippen molar-refractivity contribution in [1.29, 1.82) is 0 Å². The predicted molar refractivity (Wildman–Crippen MR) is 185 cm³/mol. The molecule has 8 rings (SSSR count). The average molecular weight is 548 g/mol. The zero-order valence-corrected chi connectivity index (χ0v) is 23.7. The third kappa shape index (κ3) is 4.43. The lowest BCUT2D eigenvalue weighted by Crippen LogP contribution is -2.11. The van der Waals surface area contributed by atoms with Crippen LogP contribution in [0.5, 0.6) is 0 Å². The van der Waals surface area contributed by atoms with E-state index in [0.717, 1.165) is 17.1 Å². The quantitative estimate of drug-likeness (QED) is 0.194. The van der Waals surface area contributed by atoms with E-state index in [0.29, 0.717) is 0 Å². The van der Waals surface area contributed by atoms with Gasteiger partial charge in [0, 0.05) is 16.9 Å². The molecule has 0 fully saturated rings. The first-order valence-corrected chi connectivity index (χ1v) is 14.8. The molecule has 0 unspecified atom stereocenters. The molecule has 1 heteroatoms. The van der Waals surface area contributed by atoms with Gasteiger partial charge >= 0.3 is 0 Å². The second-order valence-corrected chi connectivity index (χ2v) is 11.0. The molecule has 0 aromatic heterocycles. The van der Waals surface area contributed by atoms with Crippen LogP contribution in [0, 0.1) is 0 Å². The Morgan fingerprint density at radius 2 is 0.791 bits per heavy atom. The minimum absolute atomic E-state index is 1.12. The fourth-order valence-corrected chi connectivity index (χ4v) is 6.45. The minimum atomic E-state index is 1.12. The molecule has 43 heavy (non-hydrogen) atoms. The first kappa shape index (κ1) is 25.1. The summed E-state index contributed by atoms with van der Waals surface area (Å²) < 4.78 is 0. The topological polar surface area (TPSA) is 3.24 Å². The molecule has 1 nitrogen and oxygen atoms in total. The van der Waals surface area contributed by atoms with Gasteiger partial charge in [0.2, 0.25) is 0 Å². The monoisotopic (exact) mass is 547 g/mol. The van der Waals surface area contributed by atoms with E-state index in [1.807, 2.05) is 0 Å². The molecule has 0 heterocycles. The summed E-state index contributed by atoms with van der Waals surface area (Å²) in [6.07, 6.45) is 0. The van der Waals surface area contributed by atoms with Gasteiger partial charge in [-0.05, 0) is 85.4 Å². The van der Waals surface area contributed by atoms with Crippen molar-refractivity contribution in [1.82, 2.24) is 0 Å². The van der Waals surface area contributed by atoms with E-state index in [-0.39, 0.29) is 0 Å². The number of benzene rings is 8. The fraction of sp³-hybridized carbons (Fsp3) is 0. The standard InChI is InChI=1S/C42H29N/c1-3-14-30(15-4-1)31-16-13-17-32(28-31)35-20-11-12-25-42(35)43(33-18-5-2-6-19-33)34-26-27-40-38-23-8-7-21-36(38)37-22-9-10-24-39(37)41(40)29-34/h1-29H. The van der Waals surface area contributed by atoms with Crippen LogP contribution >= 0.6 is 0 Å². The molecule has 0 spiro atoms. The van der Waals surface area contributed by atoms with Crippen LogP contribution in [0.3, 0.4) is 0 Å². The largest absolute Gasteiger partial charge is 0.310 e. The van der Waals surface area contributed by atoms with Gasteiger partial charge in [0.05, 0.1) is 5.69 Å². The number of nitrogens with zero attached hydrogens (tertiary/aromatic N) is 1. The van der Waals surface area contributed by atoms with Gasteiger partial charge in [-0.15, -0.1) is 0 Å². The number of hydrogen-bond donors (Lipinski definition) is 0. The van der Waals surface area contributed by atoms with Crippen molar-refractivity contribution in [3.63, 3.8) is 0 Å². The van der Waals surface area contributed by atoms with E-state index in [1.54, 1.807) is 0 Å². The highest BCUT2D eigenvalue weighted by atomic mass is 15.1. The van der Waals surface area contributed by atoms with Gasteiger partial charge in [-0.2, -0.15) is 0 Å². The van der Waals surface area contributed by atoms with Crippen LogP contribution in [0.2, 0.25) is 0 Å². The lowest BCUT2D eigenvalue weighted by molar-refractivity contribution is 1.29. The molecular weight excluding hydrogens is 518 g/mol. The molecule has 0 radical (unpaired) electrons. The summed E-state index contributed by atoms with van der Waals surface area (Å²) in [6, 6.07) is 63.4. The van der Waals surface area contributed by atoms with E-state index in [1.165, 1.54) is 54.6 Å². The second kappa shape index (κ2) is 10.6. The summed E-state index contributed by atoms with van der Waals surface area (Å²) in [6.45, 7) is 0. The van der Waals surface area contributed by atoms with Gasteiger partial charge in [-0.3, -0.25) is 0 Å². The number of rotatable bonds is 5. The predicted octanol–water partition coefficient (Wildman–Crippen LogP) is 11.9. The van der Waals surface area contributed by atoms with Crippen LogP contribution in [0.1, 0.15) is 0 Å². The normalized spacial score (nSPS) is 11.3. The zero-order chi connectivity index (χ0) is 28.6. The van der Waals surface area contributed by atoms with Gasteiger partial charge in [0.15, 0.2) is 0 Å². The maximum absolute atomic E-state index is 2.40. The molecule has 0 bridgehead atoms. The summed E-state index contributed by atoms with van der Waals surface area (Å²) in [4.78, 5) is 2.40. The Labute approximate surface area is 251 Å². The Bertz CT molecular complexity index is 2200. The molecular formula is C42H29N. The third-order valence-electron chi connectivity index (χ3n) is 8.43. The molecule has 0 aliphatic heterocycles. The van der Waals surface area contributed by atoms with Gasteiger partial charge in [-0.1, -0.05) is 140 Å². The second-order valence-electron chi connectivity index (χ2n) is 11.0. The van der Waals surface area contributed by atoms with Crippen LogP contribution in [0.4, 0.5) is 17.1 Å². The summed E-state index contributed by atoms with van der Waals surface area (Å²) in [5, 5.41) is 7.67. The minimum Gasteiger partial charge on any atom is -0.310 e. The van der Waals surface area contributed by atoms with Gasteiger partial charge in [0.1, 0.15) is 0 Å². The van der Waals surface area contributed by atoms with Gasteiger partial charge < -0.3 is 4.90 Å². The summed E-state index contributed by atoms with van der Waals surface area (Å²) >= 11 is 0. The van der Waals surface area contributed by atoms with E-state index < -0.39 is 0 Å². The highest BCUT2D eigenvalue weighted by molar-refractivity contribution is 6.25. The van der Waals surface area contributed by atoms with Crippen molar-refractivity contribution in [2.75, 3.05) is 4.90 Å². The molecule has 0 amide bonds. The smallest absolute Gasteiger partial charge is 0.0540 e. The molecule has 0 aliphatic carbocycles. The first-order valence-electron chi connectivity index (χ1n) is 14.8. The zero-order valence-electron chi connectivity index (χ0n) is 23.7. The number of fused-ring (bicyclic) bond motifs is 6. The molecule has 8 aromatic carbocycles. The summed E-state index contributed by atoms with van der Waals surface area (Å²) in [7, 11) is 0. The van der Waals surface area contributed by atoms with E-state index in [9.17, 15) is 0 Å². The number of anilines is 3. The average Bonchev–Trinajstić information content (AvgIpc) is 3.10. The number of hydrogen-bond acceptors (Lipinski definition) is 1. The fourth-order valence-electron chi connectivity index (χ4n) is 6.45. The van der Waals surface area contributed by atoms with Crippen LogP contribution in [-0.2, 0) is 0 Å².